The van der Waals surface area contributed by atoms with Crippen molar-refractivity contribution in [2.75, 3.05) is 6.54 Å². The summed E-state index contributed by atoms with van der Waals surface area (Å²) in [6.45, 7) is 3.56. The van der Waals surface area contributed by atoms with E-state index in [0.717, 1.165) is 0 Å². The summed E-state index contributed by atoms with van der Waals surface area (Å²) in [6.07, 6.45) is 0.248. The Bertz CT molecular complexity index is 922. The number of urea groups is 1. The van der Waals surface area contributed by atoms with Crippen molar-refractivity contribution in [3.05, 3.63) is 27.2 Å². The number of aryl methyl sites for hydroxylation is 1. The van der Waals surface area contributed by atoms with E-state index in [1.165, 1.54) is 4.90 Å². The Morgan fingerprint density at radius 3 is 2.69 bits per heavy atom. The van der Waals surface area contributed by atoms with Gasteiger partial charge in [-0.2, -0.15) is 13.5 Å². The first kappa shape index (κ1) is 20.8. The second-order valence-electron chi connectivity index (χ2n) is 6.01. The largest absolute Gasteiger partial charge is 1.00 e. The molecule has 2 atom stereocenters. The van der Waals surface area contributed by atoms with Crippen LogP contribution in [-0.4, -0.2) is 62.9 Å². The Hall–Kier alpha value is -1.47. The molecule has 1 aromatic rings. The van der Waals surface area contributed by atoms with Crippen molar-refractivity contribution in [2.45, 2.75) is 38.9 Å². The van der Waals surface area contributed by atoms with E-state index in [0.29, 0.717) is 21.1 Å². The fraction of sp³-hybridized carbons (Fsp3) is 0.538. The zero-order valence-electron chi connectivity index (χ0n) is 15.5. The number of carbonyl (C=O) groups is 2. The van der Waals surface area contributed by atoms with Gasteiger partial charge in [0, 0.05) is 12.1 Å². The molecule has 0 bridgehead atoms. The predicted octanol–water partition coefficient (Wildman–Crippen LogP) is -4.20. The van der Waals surface area contributed by atoms with E-state index >= 15 is 0 Å². The van der Waals surface area contributed by atoms with Gasteiger partial charge in [-0.25, -0.2) is 14.2 Å². The van der Waals surface area contributed by atoms with Crippen LogP contribution < -0.4 is 40.4 Å². The molecule has 2 saturated heterocycles. The summed E-state index contributed by atoms with van der Waals surface area (Å²) in [6, 6.07) is -2.24. The van der Waals surface area contributed by atoms with Crippen LogP contribution in [0.25, 0.3) is 0 Å². The van der Waals surface area contributed by atoms with Gasteiger partial charge >= 0.3 is 45.9 Å². The van der Waals surface area contributed by atoms with Crippen molar-refractivity contribution in [3.63, 3.8) is 0 Å². The third kappa shape index (κ3) is 3.39. The van der Waals surface area contributed by atoms with E-state index < -0.39 is 39.9 Å². The average molecular weight is 395 g/mol. The molecule has 3 N–H and O–H groups in total. The van der Waals surface area contributed by atoms with Crippen molar-refractivity contribution in [3.8, 4) is 0 Å². The predicted molar refractivity (Wildman–Crippen MR) is 85.0 cm³/mol. The van der Waals surface area contributed by atoms with Gasteiger partial charge < -0.3 is 11.6 Å². The number of hydrogen-bond acceptors (Lipinski definition) is 6. The van der Waals surface area contributed by atoms with Gasteiger partial charge in [0.05, 0.1) is 18.3 Å². The molecule has 0 aliphatic carbocycles. The minimum atomic E-state index is -4.62. The Kier molecular flexibility index (Phi) is 5.83. The standard InChI is InChI=1S/C13H17N5O6S.Na.H/c1-6-7(2)15-16-11(19)8(6)5-14-13(21)17-4-3-9-10(17)12(20)18(9)25(22,23)24;;/h9-10H,3-5H2,1-2H3,(H,14,21)(H,16,19)(H,22,23,24);;/q;+1;-1/t9-,10+;;/m1../s1. The van der Waals surface area contributed by atoms with Crippen LogP contribution in [0.1, 0.15) is 24.7 Å². The van der Waals surface area contributed by atoms with E-state index in [2.05, 4.69) is 15.5 Å². The van der Waals surface area contributed by atoms with Crippen molar-refractivity contribution in [1.82, 2.24) is 24.7 Å². The van der Waals surface area contributed by atoms with Gasteiger partial charge in [-0.1, -0.05) is 0 Å². The van der Waals surface area contributed by atoms with Crippen molar-refractivity contribution in [1.29, 1.82) is 0 Å². The Morgan fingerprint density at radius 1 is 1.42 bits per heavy atom. The first-order valence-corrected chi connectivity index (χ1v) is 8.92. The Balaban J connectivity index is 0.00000182. The molecule has 0 saturated carbocycles. The fourth-order valence-electron chi connectivity index (χ4n) is 3.20. The number of amides is 3. The zero-order valence-corrected chi connectivity index (χ0v) is 17.3. The molecule has 11 nitrogen and oxygen atoms in total. The third-order valence-electron chi connectivity index (χ3n) is 4.66. The van der Waals surface area contributed by atoms with Crippen LogP contribution in [-0.2, 0) is 21.6 Å². The van der Waals surface area contributed by atoms with Gasteiger partial charge in [0.2, 0.25) is 0 Å². The first-order chi connectivity index (χ1) is 11.6. The molecule has 0 spiro atoms. The molecule has 13 heteroatoms. The number of nitrogens with one attached hydrogen (secondary N) is 2. The second kappa shape index (κ2) is 7.27. The molecule has 3 heterocycles. The average Bonchev–Trinajstić information content (AvgIpc) is 2.88. The smallest absolute Gasteiger partial charge is 1.00 e. The molecule has 26 heavy (non-hydrogen) atoms. The van der Waals surface area contributed by atoms with E-state index in [1.54, 1.807) is 13.8 Å². The summed E-state index contributed by atoms with van der Waals surface area (Å²) in [5.74, 6) is -0.839. The van der Waals surface area contributed by atoms with Crippen LogP contribution in [0.2, 0.25) is 0 Å². The SMILES string of the molecule is Cc1n[nH]c(=O)c(CNC(=O)N2CC[C@@H]3[C@H]2C(=O)N3S(=O)(=O)O)c1C.[H-].[Na+]. The molecule has 2 fully saturated rings. The van der Waals surface area contributed by atoms with Gasteiger partial charge in [-0.15, -0.1) is 0 Å². The molecular formula is C13H18N5NaO6S. The van der Waals surface area contributed by atoms with Crippen LogP contribution in [0.4, 0.5) is 4.79 Å². The minimum absolute atomic E-state index is 0. The number of fused-ring (bicyclic) bond motifs is 1. The number of hydrogen-bond donors (Lipinski definition) is 3. The summed E-state index contributed by atoms with van der Waals surface area (Å²) in [5, 5.41) is 8.72. The number of nitrogens with zero attached hydrogens (tertiary/aromatic N) is 3. The van der Waals surface area contributed by atoms with Crippen LogP contribution >= 0.6 is 0 Å². The van der Waals surface area contributed by atoms with Gasteiger partial charge in [0.25, 0.3) is 11.5 Å². The van der Waals surface area contributed by atoms with Crippen molar-refractivity contribution in [2.24, 2.45) is 0 Å². The van der Waals surface area contributed by atoms with Crippen molar-refractivity contribution >= 4 is 22.2 Å². The number of β-lactam (4-membered cyclic amide) rings is 1. The quantitative estimate of drug-likeness (QED) is 0.266. The van der Waals surface area contributed by atoms with Crippen LogP contribution in [0.15, 0.2) is 4.79 Å². The zero-order chi connectivity index (χ0) is 18.5. The fourth-order valence-corrected chi connectivity index (χ4v) is 4.10. The summed E-state index contributed by atoms with van der Waals surface area (Å²) in [4.78, 5) is 37.3. The summed E-state index contributed by atoms with van der Waals surface area (Å²) < 4.78 is 31.7. The van der Waals surface area contributed by atoms with Crippen molar-refractivity contribution < 1.29 is 53.5 Å². The van der Waals surface area contributed by atoms with Gasteiger partial charge in [0.15, 0.2) is 0 Å². The number of rotatable bonds is 3. The molecule has 0 radical (unpaired) electrons. The number of carbonyl (C=O) groups excluding carboxylic acids is 2. The first-order valence-electron chi connectivity index (χ1n) is 7.53. The third-order valence-corrected chi connectivity index (χ3v) is 5.61. The van der Waals surface area contributed by atoms with Crippen LogP contribution in [0.5, 0.6) is 0 Å². The summed E-state index contributed by atoms with van der Waals surface area (Å²) >= 11 is 0. The Morgan fingerprint density at radius 2 is 2.08 bits per heavy atom. The molecular weight excluding hydrogens is 377 g/mol. The molecule has 3 amide bonds. The molecule has 2 aliphatic heterocycles. The maximum Gasteiger partial charge on any atom is 1.00 e. The van der Waals surface area contributed by atoms with Gasteiger partial charge in [-0.3, -0.25) is 14.1 Å². The molecule has 2 aliphatic rings. The van der Waals surface area contributed by atoms with Crippen LogP contribution in [0, 0.1) is 13.8 Å². The monoisotopic (exact) mass is 395 g/mol. The van der Waals surface area contributed by atoms with E-state index in [4.69, 9.17) is 4.55 Å². The summed E-state index contributed by atoms with van der Waals surface area (Å²) in [7, 11) is -4.62. The number of H-pyrrole nitrogens is 1. The number of aromatic nitrogens is 2. The maximum atomic E-state index is 12.3. The molecule has 0 unspecified atom stereocenters. The number of aromatic amines is 1. The number of likely N-dealkylation sites (tertiary alicyclic amines) is 1. The van der Waals surface area contributed by atoms with Gasteiger partial charge in [0.1, 0.15) is 6.04 Å². The molecule has 0 aromatic carbocycles. The normalized spacial score (nSPS) is 21.7. The Labute approximate surface area is 172 Å². The van der Waals surface area contributed by atoms with Crippen LogP contribution in [0.3, 0.4) is 0 Å². The summed E-state index contributed by atoms with van der Waals surface area (Å²) in [5.41, 5.74) is 1.22. The topological polar surface area (TPSA) is 153 Å². The van der Waals surface area contributed by atoms with E-state index in [1.807, 2.05) is 0 Å². The second-order valence-corrected chi connectivity index (χ2v) is 7.30. The molecule has 1 aromatic heterocycles. The van der Waals surface area contributed by atoms with Gasteiger partial charge in [-0.05, 0) is 25.8 Å². The molecule has 138 valence electrons. The van der Waals surface area contributed by atoms with E-state index in [-0.39, 0.29) is 50.5 Å². The molecule has 3 rings (SSSR count). The maximum absolute atomic E-state index is 12.3. The van der Waals surface area contributed by atoms with E-state index in [9.17, 15) is 22.8 Å². The minimum Gasteiger partial charge on any atom is -1.00 e.